The van der Waals surface area contributed by atoms with Crippen molar-refractivity contribution < 1.29 is 0 Å². The minimum atomic E-state index is -0.605. The van der Waals surface area contributed by atoms with Crippen LogP contribution < -0.4 is 21.7 Å². The minimum absolute atomic E-state index is 0.00198. The van der Waals surface area contributed by atoms with E-state index in [-0.39, 0.29) is 21.9 Å². The molecule has 3 aromatic carbocycles. The second-order valence-electron chi connectivity index (χ2n) is 4.97. The highest BCUT2D eigenvalue weighted by atomic mass is 16.2. The molecule has 0 fully saturated rings. The Balaban J connectivity index is 2.26. The molecule has 22 heavy (non-hydrogen) atoms. The summed E-state index contributed by atoms with van der Waals surface area (Å²) in [6.45, 7) is 0. The number of fused-ring (bicyclic) bond motifs is 3. The number of nitrogens with zero attached hydrogens (tertiary/aromatic N) is 2. The molecule has 6 heteroatoms. The monoisotopic (exact) mass is 290 g/mol. The molecule has 0 bridgehead atoms. The molecule has 104 valence electrons. The van der Waals surface area contributed by atoms with Gasteiger partial charge in [-0.1, -0.05) is 0 Å². The van der Waals surface area contributed by atoms with E-state index >= 15 is 0 Å². The molecule has 0 amide bonds. The molecule has 1 aromatic heterocycles. The molecular formula is C16H6N2O4. The number of rotatable bonds is 0. The van der Waals surface area contributed by atoms with E-state index in [0.29, 0.717) is 21.8 Å². The van der Waals surface area contributed by atoms with Crippen LogP contribution in [0.1, 0.15) is 0 Å². The molecule has 0 aliphatic heterocycles. The van der Waals surface area contributed by atoms with Crippen molar-refractivity contribution in [3.8, 4) is 0 Å². The van der Waals surface area contributed by atoms with Crippen molar-refractivity contribution >= 4 is 32.8 Å². The summed E-state index contributed by atoms with van der Waals surface area (Å²) in [6.07, 6.45) is 0. The first-order valence-electron chi connectivity index (χ1n) is 6.43. The third-order valence-electron chi connectivity index (χ3n) is 3.54. The fourth-order valence-corrected chi connectivity index (χ4v) is 2.46. The molecule has 0 saturated carbocycles. The summed E-state index contributed by atoms with van der Waals surface area (Å²) < 4.78 is 0. The van der Waals surface area contributed by atoms with Crippen molar-refractivity contribution in [2.24, 2.45) is 0 Å². The fraction of sp³-hybridized carbons (Fsp3) is 0. The molecule has 0 atom stereocenters. The number of hydrogen-bond donors (Lipinski definition) is 0. The average Bonchev–Trinajstić information content (AvgIpc) is 2.49. The van der Waals surface area contributed by atoms with Gasteiger partial charge in [0.15, 0.2) is 0 Å². The van der Waals surface area contributed by atoms with Crippen LogP contribution in [0.25, 0.3) is 32.8 Å². The maximum atomic E-state index is 11.8. The molecule has 4 rings (SSSR count). The molecule has 0 radical (unpaired) electrons. The fourth-order valence-electron chi connectivity index (χ4n) is 2.46. The smallest absolute Gasteiger partial charge is 0.226 e. The third-order valence-corrected chi connectivity index (χ3v) is 3.54. The maximum absolute atomic E-state index is 11.8. The Kier molecular flexibility index (Phi) is 2.33. The summed E-state index contributed by atoms with van der Waals surface area (Å²) in [4.78, 5) is 54.9. The van der Waals surface area contributed by atoms with Crippen molar-refractivity contribution in [3.05, 3.63) is 77.3 Å². The van der Waals surface area contributed by atoms with Gasteiger partial charge in [0.25, 0.3) is 0 Å². The topological polar surface area (TPSA) is 94.1 Å². The van der Waals surface area contributed by atoms with Crippen LogP contribution in [0.15, 0.2) is 55.6 Å². The second kappa shape index (κ2) is 4.11. The summed E-state index contributed by atoms with van der Waals surface area (Å²) >= 11 is 0. The highest BCUT2D eigenvalue weighted by Gasteiger charge is 2.09. The van der Waals surface area contributed by atoms with E-state index in [1.165, 1.54) is 12.1 Å². The van der Waals surface area contributed by atoms with Gasteiger partial charge in [-0.15, -0.1) is 0 Å². The van der Waals surface area contributed by atoms with Crippen LogP contribution in [-0.2, 0) is 0 Å². The summed E-state index contributed by atoms with van der Waals surface area (Å²) in [5, 5.41) is 1.08. The van der Waals surface area contributed by atoms with E-state index < -0.39 is 10.9 Å². The zero-order valence-corrected chi connectivity index (χ0v) is 11.0. The Morgan fingerprint density at radius 2 is 0.955 bits per heavy atom. The van der Waals surface area contributed by atoms with E-state index in [4.69, 9.17) is 0 Å². The Hall–Kier alpha value is -3.28. The summed E-state index contributed by atoms with van der Waals surface area (Å²) in [5.41, 5.74) is -1.20. The van der Waals surface area contributed by atoms with E-state index in [1.54, 1.807) is 12.1 Å². The predicted octanol–water partition coefficient (Wildman–Crippen LogP) is 0.253. The number of benzene rings is 3. The first-order chi connectivity index (χ1) is 10.5. The molecule has 0 N–H and O–H groups in total. The highest BCUT2D eigenvalue weighted by molar-refractivity contribution is 5.97. The van der Waals surface area contributed by atoms with Crippen LogP contribution in [0.3, 0.4) is 0 Å². The molecule has 0 unspecified atom stereocenters. The van der Waals surface area contributed by atoms with Crippen LogP contribution in [-0.4, -0.2) is 9.97 Å². The molecule has 6 nitrogen and oxygen atoms in total. The Morgan fingerprint density at radius 1 is 0.545 bits per heavy atom. The van der Waals surface area contributed by atoms with Crippen LogP contribution in [0.2, 0.25) is 0 Å². The zero-order valence-electron chi connectivity index (χ0n) is 11.0. The van der Waals surface area contributed by atoms with Gasteiger partial charge in [0, 0.05) is 0 Å². The average molecular weight is 290 g/mol. The van der Waals surface area contributed by atoms with Crippen molar-refractivity contribution in [2.75, 3.05) is 0 Å². The van der Waals surface area contributed by atoms with Gasteiger partial charge in [0.2, 0.25) is 21.7 Å². The van der Waals surface area contributed by atoms with Gasteiger partial charge in [-0.05, 0) is 47.2 Å². The lowest BCUT2D eigenvalue weighted by Crippen LogP contribution is -2.20. The van der Waals surface area contributed by atoms with Gasteiger partial charge in [-0.3, -0.25) is 19.2 Å². The number of hydrogen-bond acceptors (Lipinski definition) is 6. The van der Waals surface area contributed by atoms with Crippen molar-refractivity contribution in [3.63, 3.8) is 0 Å². The van der Waals surface area contributed by atoms with Crippen molar-refractivity contribution in [1.29, 1.82) is 0 Å². The van der Waals surface area contributed by atoms with Crippen LogP contribution >= 0.6 is 0 Å². The molecule has 0 saturated heterocycles. The molecule has 0 spiro atoms. The van der Waals surface area contributed by atoms with Crippen LogP contribution in [0, 0.1) is 0 Å². The molecule has 1 heterocycles. The van der Waals surface area contributed by atoms with E-state index in [2.05, 4.69) is 9.97 Å². The standard InChI is InChI=1S/C16H6N2O4/c19-11-1-2-12(20)16-15(11)17-9-3-7-5-13(21)14(22)6-8(7)4-10(9)18-16/h1-6H. The van der Waals surface area contributed by atoms with Gasteiger partial charge in [0.05, 0.1) is 11.0 Å². The minimum Gasteiger partial charge on any atom is -0.287 e. The zero-order chi connectivity index (χ0) is 15.4. The SMILES string of the molecule is O=c1cc2cc3nc4c(=O)ccc(=O)c4nc3cc2cc1=O. The van der Waals surface area contributed by atoms with E-state index in [1.807, 2.05) is 0 Å². The van der Waals surface area contributed by atoms with Gasteiger partial charge in [-0.2, -0.15) is 0 Å². The first kappa shape index (κ1) is 12.5. The van der Waals surface area contributed by atoms with Crippen molar-refractivity contribution in [2.45, 2.75) is 0 Å². The van der Waals surface area contributed by atoms with Gasteiger partial charge in [-0.25, -0.2) is 9.97 Å². The molecular weight excluding hydrogens is 284 g/mol. The van der Waals surface area contributed by atoms with Gasteiger partial charge in [0.1, 0.15) is 11.0 Å². The quantitative estimate of drug-likeness (QED) is 0.340. The van der Waals surface area contributed by atoms with E-state index in [0.717, 1.165) is 12.1 Å². The van der Waals surface area contributed by atoms with E-state index in [9.17, 15) is 19.2 Å². The summed E-state index contributed by atoms with van der Waals surface area (Å²) in [5.74, 6) is 0. The third kappa shape index (κ3) is 1.67. The molecule has 0 aliphatic carbocycles. The Labute approximate surface area is 121 Å². The lowest BCUT2D eigenvalue weighted by Gasteiger charge is -2.02. The largest absolute Gasteiger partial charge is 0.287 e. The predicted molar refractivity (Wildman–Crippen MR) is 82.0 cm³/mol. The second-order valence-corrected chi connectivity index (χ2v) is 4.97. The highest BCUT2D eigenvalue weighted by Crippen LogP contribution is 2.19. The summed E-state index contributed by atoms with van der Waals surface area (Å²) in [7, 11) is 0. The lowest BCUT2D eigenvalue weighted by molar-refractivity contribution is 1.36. The molecule has 4 aromatic rings. The normalized spacial score (nSPS) is 11.5. The maximum Gasteiger partial charge on any atom is 0.226 e. The lowest BCUT2D eigenvalue weighted by atomic mass is 10.1. The van der Waals surface area contributed by atoms with Gasteiger partial charge >= 0.3 is 0 Å². The first-order valence-corrected chi connectivity index (χ1v) is 6.43. The van der Waals surface area contributed by atoms with Crippen molar-refractivity contribution in [1.82, 2.24) is 9.97 Å². The van der Waals surface area contributed by atoms with Crippen LogP contribution in [0.4, 0.5) is 0 Å². The number of aromatic nitrogens is 2. The van der Waals surface area contributed by atoms with Crippen LogP contribution in [0.5, 0.6) is 0 Å². The Bertz CT molecular complexity index is 1200. The molecule has 0 aliphatic rings. The Morgan fingerprint density at radius 3 is 1.36 bits per heavy atom. The van der Waals surface area contributed by atoms with Gasteiger partial charge < -0.3 is 0 Å². The summed E-state index contributed by atoms with van der Waals surface area (Å²) in [6, 6.07) is 7.93.